The lowest BCUT2D eigenvalue weighted by Gasteiger charge is -2.19. The summed E-state index contributed by atoms with van der Waals surface area (Å²) in [6.07, 6.45) is 1.09. The number of nitrogens with one attached hydrogen (secondary N) is 4. The summed E-state index contributed by atoms with van der Waals surface area (Å²) in [6.45, 7) is 18.8. The zero-order valence-corrected chi connectivity index (χ0v) is 44.8. The van der Waals surface area contributed by atoms with Crippen molar-refractivity contribution in [1.29, 1.82) is 0 Å². The van der Waals surface area contributed by atoms with E-state index in [0.29, 0.717) is 28.9 Å². The number of rotatable bonds is 13. The molecular formula is C54H60Cl2N4O10S2. The summed E-state index contributed by atoms with van der Waals surface area (Å²) in [4.78, 5) is 48.1. The molecule has 0 spiro atoms. The second-order valence-corrected chi connectivity index (χ2v) is 23.5. The first-order valence-corrected chi connectivity index (χ1v) is 26.4. The second kappa shape index (κ2) is 24.6. The first-order chi connectivity index (χ1) is 33.6. The number of carbonyl (C=O) groups excluding carboxylic acids is 4. The Kier molecular flexibility index (Phi) is 19.8. The Morgan fingerprint density at radius 1 is 0.583 bits per heavy atom. The maximum absolute atomic E-state index is 12.9. The van der Waals surface area contributed by atoms with Gasteiger partial charge in [-0.2, -0.15) is 0 Å². The Labute approximate surface area is 432 Å². The van der Waals surface area contributed by atoms with E-state index < -0.39 is 36.7 Å². The molecule has 2 unspecified atom stereocenters. The Hall–Kier alpha value is -6.72. The number of phenolic OH excluding ortho intramolecular Hbond substituents is 2. The molecule has 0 fully saturated rings. The van der Waals surface area contributed by atoms with Crippen LogP contribution >= 0.6 is 23.2 Å². The van der Waals surface area contributed by atoms with Crippen LogP contribution in [0.15, 0.2) is 125 Å². The summed E-state index contributed by atoms with van der Waals surface area (Å²) >= 11 is 12.2. The van der Waals surface area contributed by atoms with E-state index in [2.05, 4.69) is 42.0 Å². The van der Waals surface area contributed by atoms with Crippen molar-refractivity contribution in [2.45, 2.75) is 101 Å². The molecular weight excluding hydrogens is 1000 g/mol. The van der Waals surface area contributed by atoms with Gasteiger partial charge >= 0.3 is 0 Å². The molecule has 4 amide bonds. The number of anilines is 4. The lowest BCUT2D eigenvalue weighted by molar-refractivity contribution is -0.115. The minimum absolute atomic E-state index is 0.0136. The molecule has 0 aliphatic rings. The predicted molar refractivity (Wildman–Crippen MR) is 287 cm³/mol. The number of sulfone groups is 2. The van der Waals surface area contributed by atoms with Gasteiger partial charge in [-0.25, -0.2) is 16.8 Å². The average Bonchev–Trinajstić information content (AvgIpc) is 3.33. The van der Waals surface area contributed by atoms with Gasteiger partial charge in [0.15, 0.2) is 19.7 Å². The molecule has 0 heterocycles. The van der Waals surface area contributed by atoms with Crippen LogP contribution in [0.25, 0.3) is 0 Å². The third kappa shape index (κ3) is 15.2. The number of carbonyl (C=O) groups is 4. The van der Waals surface area contributed by atoms with Crippen molar-refractivity contribution in [1.82, 2.24) is 0 Å². The van der Waals surface area contributed by atoms with Gasteiger partial charge in [-0.1, -0.05) is 104 Å². The normalized spacial score (nSPS) is 12.1. The van der Waals surface area contributed by atoms with Crippen LogP contribution in [-0.4, -0.2) is 61.7 Å². The fourth-order valence-corrected chi connectivity index (χ4v) is 9.66. The highest BCUT2D eigenvalue weighted by molar-refractivity contribution is 7.93. The number of benzene rings is 6. The van der Waals surface area contributed by atoms with Crippen LogP contribution in [0, 0.1) is 27.7 Å². The van der Waals surface area contributed by atoms with Crippen molar-refractivity contribution < 1.29 is 46.2 Å². The monoisotopic (exact) mass is 1060 g/mol. The number of aryl methyl sites for hydroxylation is 4. The smallest absolute Gasteiger partial charge is 0.255 e. The van der Waals surface area contributed by atoms with E-state index in [4.69, 9.17) is 23.2 Å². The molecule has 382 valence electrons. The number of hydrogen-bond donors (Lipinski definition) is 6. The molecule has 0 saturated heterocycles. The third-order valence-electron chi connectivity index (χ3n) is 11.6. The summed E-state index contributed by atoms with van der Waals surface area (Å²) in [5.41, 5.74) is 6.33. The molecule has 6 N–H and O–H groups in total. The van der Waals surface area contributed by atoms with Gasteiger partial charge in [-0.05, 0) is 131 Å². The Bertz CT molecular complexity index is 3160. The summed E-state index contributed by atoms with van der Waals surface area (Å²) in [7, 11) is -7.10. The molecule has 14 nitrogen and oxygen atoms in total. The van der Waals surface area contributed by atoms with E-state index in [9.17, 15) is 46.2 Å². The lowest BCUT2D eigenvalue weighted by atomic mass is 9.87. The summed E-state index contributed by atoms with van der Waals surface area (Å²) in [6, 6.07) is 30.9. The van der Waals surface area contributed by atoms with Crippen molar-refractivity contribution in [3.05, 3.63) is 164 Å². The summed E-state index contributed by atoms with van der Waals surface area (Å²) in [5.74, 6) is -2.15. The van der Waals surface area contributed by atoms with Gasteiger partial charge in [-0.15, -0.1) is 0 Å². The zero-order valence-electron chi connectivity index (χ0n) is 41.6. The summed E-state index contributed by atoms with van der Waals surface area (Å²) in [5, 5.41) is 28.6. The van der Waals surface area contributed by atoms with Gasteiger partial charge < -0.3 is 31.5 Å². The van der Waals surface area contributed by atoms with Crippen molar-refractivity contribution in [3.63, 3.8) is 0 Å². The van der Waals surface area contributed by atoms with Gasteiger partial charge in [-0.3, -0.25) is 19.2 Å². The average molecular weight is 1060 g/mol. The van der Waals surface area contributed by atoms with Crippen molar-refractivity contribution in [2.75, 3.05) is 21.3 Å². The van der Waals surface area contributed by atoms with Crippen molar-refractivity contribution in [3.8, 4) is 11.5 Å². The fourth-order valence-electron chi connectivity index (χ4n) is 6.46. The SMILES string of the molecule is CCC(C)S(=O)(=O)c1ccc(C(C)(C)C)cc1.Cc1ccc(C(=O)Nc2cc(Cl)c(NC(=O)C(C)S(=O)(=O)c3ccc(C)c(C)c3)cc2O)cc1.Cc1ccc(C(=O)Nc2cc(Cl)c(NC=O)cc2O)cc1. The molecule has 18 heteroatoms. The largest absolute Gasteiger partial charge is 0.506 e. The molecule has 0 radical (unpaired) electrons. The molecule has 2 atom stereocenters. The fraction of sp³-hybridized carbons (Fsp3) is 0.259. The highest BCUT2D eigenvalue weighted by atomic mass is 35.5. The lowest BCUT2D eigenvalue weighted by Crippen LogP contribution is -2.32. The molecule has 72 heavy (non-hydrogen) atoms. The van der Waals surface area contributed by atoms with Crippen LogP contribution in [0.3, 0.4) is 0 Å². The highest BCUT2D eigenvalue weighted by Gasteiger charge is 2.31. The van der Waals surface area contributed by atoms with E-state index in [1.54, 1.807) is 68.4 Å². The molecule has 6 aromatic carbocycles. The predicted octanol–water partition coefficient (Wildman–Crippen LogP) is 11.8. The van der Waals surface area contributed by atoms with Crippen molar-refractivity contribution in [2.24, 2.45) is 0 Å². The molecule has 0 aliphatic carbocycles. The first-order valence-electron chi connectivity index (χ1n) is 22.6. The van der Waals surface area contributed by atoms with E-state index in [0.717, 1.165) is 33.9 Å². The molecule has 0 aromatic heterocycles. The second-order valence-electron chi connectivity index (χ2n) is 18.1. The van der Waals surface area contributed by atoms with Gasteiger partial charge in [0, 0.05) is 23.3 Å². The van der Waals surface area contributed by atoms with E-state index in [-0.39, 0.29) is 65.8 Å². The Balaban J connectivity index is 0.000000253. The maximum Gasteiger partial charge on any atom is 0.255 e. The molecule has 6 rings (SSSR count). The Morgan fingerprint density at radius 3 is 1.46 bits per heavy atom. The van der Waals surface area contributed by atoms with Crippen LogP contribution in [0.5, 0.6) is 11.5 Å². The quantitative estimate of drug-likeness (QED) is 0.0474. The number of aromatic hydroxyl groups is 2. The molecule has 6 aromatic rings. The number of amides is 4. The first kappa shape index (κ1) is 57.9. The zero-order chi connectivity index (χ0) is 53.9. The minimum Gasteiger partial charge on any atom is -0.506 e. The third-order valence-corrected chi connectivity index (χ3v) is 16.6. The highest BCUT2D eigenvalue weighted by Crippen LogP contribution is 2.36. The van der Waals surface area contributed by atoms with Crippen molar-refractivity contribution >= 4 is 89.8 Å². The van der Waals surface area contributed by atoms with Gasteiger partial charge in [0.05, 0.1) is 47.8 Å². The van der Waals surface area contributed by atoms with Gasteiger partial charge in [0.2, 0.25) is 12.3 Å². The number of halogens is 2. The van der Waals surface area contributed by atoms with E-state index in [1.807, 2.05) is 52.0 Å². The van der Waals surface area contributed by atoms with E-state index in [1.165, 1.54) is 37.3 Å². The van der Waals surface area contributed by atoms with Crippen LogP contribution in [0.1, 0.15) is 96.5 Å². The standard InChI is InChI=1S/C25H25ClN2O5S.C15H13ClN2O3.C14H22O2S/c1-14-5-8-18(9-6-14)25(31)28-22-12-20(26)21(13-23(22)29)27-24(30)17(4)34(32,33)19-10-7-15(2)16(3)11-19;1-9-2-4-10(5-3-9)15(21)18-13-6-11(16)12(17-8-19)7-14(13)20;1-6-11(2)17(15,16)13-9-7-12(8-10-13)14(3,4)5/h5-13,17,29H,1-4H3,(H,27,30)(H,28,31);2-8,20H,1H3,(H,17,19)(H,18,21);7-11H,6H2,1-5H3. The number of phenols is 2. The summed E-state index contributed by atoms with van der Waals surface area (Å²) < 4.78 is 50.1. The molecule has 0 saturated carbocycles. The van der Waals surface area contributed by atoms with Gasteiger partial charge in [0.1, 0.15) is 16.7 Å². The maximum atomic E-state index is 12.9. The Morgan fingerprint density at radius 2 is 1.03 bits per heavy atom. The van der Waals surface area contributed by atoms with Crippen LogP contribution in [0.4, 0.5) is 22.7 Å². The van der Waals surface area contributed by atoms with Gasteiger partial charge in [0.25, 0.3) is 11.8 Å². The van der Waals surface area contributed by atoms with Crippen LogP contribution < -0.4 is 21.3 Å². The van der Waals surface area contributed by atoms with E-state index >= 15 is 0 Å². The topological polar surface area (TPSA) is 225 Å². The van der Waals surface area contributed by atoms with Crippen LogP contribution in [0.2, 0.25) is 10.0 Å². The molecule has 0 bridgehead atoms. The number of hydrogen-bond acceptors (Lipinski definition) is 10. The molecule has 0 aliphatic heterocycles. The van der Waals surface area contributed by atoms with Crippen LogP contribution in [-0.2, 0) is 34.7 Å². The minimum atomic E-state index is -3.95.